The SMILES string of the molecule is CC1Oc2ccoc2O1. The molecule has 3 nitrogen and oxygen atoms in total. The van der Waals surface area contributed by atoms with E-state index >= 15 is 0 Å². The fourth-order valence-electron chi connectivity index (χ4n) is 0.811. The van der Waals surface area contributed by atoms with Gasteiger partial charge < -0.3 is 13.9 Å². The maximum absolute atomic E-state index is 5.13. The molecule has 0 saturated heterocycles. The molecule has 2 rings (SSSR count). The predicted octanol–water partition coefficient (Wildman–Crippen LogP) is 1.40. The maximum atomic E-state index is 5.13. The van der Waals surface area contributed by atoms with Gasteiger partial charge in [-0.2, -0.15) is 0 Å². The first-order valence-electron chi connectivity index (χ1n) is 2.77. The van der Waals surface area contributed by atoms with Gasteiger partial charge in [0.1, 0.15) is 0 Å². The first kappa shape index (κ1) is 4.73. The van der Waals surface area contributed by atoms with Gasteiger partial charge in [0.15, 0.2) is 0 Å². The Balaban J connectivity index is 2.39. The van der Waals surface area contributed by atoms with Gasteiger partial charge in [-0.1, -0.05) is 0 Å². The van der Waals surface area contributed by atoms with Crippen molar-refractivity contribution < 1.29 is 13.9 Å². The van der Waals surface area contributed by atoms with Crippen LogP contribution in [0.2, 0.25) is 0 Å². The van der Waals surface area contributed by atoms with Gasteiger partial charge >= 0.3 is 5.95 Å². The molecule has 3 heteroatoms. The molecular formula is C6H6O3. The van der Waals surface area contributed by atoms with E-state index in [2.05, 4.69) is 0 Å². The lowest BCUT2D eigenvalue weighted by atomic mass is 10.6. The summed E-state index contributed by atoms with van der Waals surface area (Å²) in [6.07, 6.45) is 1.34. The normalized spacial score (nSPS) is 22.6. The summed E-state index contributed by atoms with van der Waals surface area (Å²) in [5.74, 6) is 1.19. The van der Waals surface area contributed by atoms with Crippen molar-refractivity contribution in [2.24, 2.45) is 0 Å². The van der Waals surface area contributed by atoms with Crippen LogP contribution in [-0.2, 0) is 0 Å². The summed E-state index contributed by atoms with van der Waals surface area (Å²) in [6.45, 7) is 1.82. The smallest absolute Gasteiger partial charge is 0.331 e. The fourth-order valence-corrected chi connectivity index (χ4v) is 0.811. The third-order valence-corrected chi connectivity index (χ3v) is 1.16. The predicted molar refractivity (Wildman–Crippen MR) is 29.4 cm³/mol. The van der Waals surface area contributed by atoms with E-state index in [1.165, 1.54) is 6.26 Å². The molecule has 0 fully saturated rings. The lowest BCUT2D eigenvalue weighted by Crippen LogP contribution is -2.11. The molecule has 1 atom stereocenters. The van der Waals surface area contributed by atoms with Crippen molar-refractivity contribution in [1.29, 1.82) is 0 Å². The Morgan fingerprint density at radius 3 is 3.11 bits per heavy atom. The highest BCUT2D eigenvalue weighted by molar-refractivity contribution is 5.32. The third kappa shape index (κ3) is 0.575. The van der Waals surface area contributed by atoms with Crippen molar-refractivity contribution in [2.45, 2.75) is 13.2 Å². The Hall–Kier alpha value is -1.12. The van der Waals surface area contributed by atoms with Crippen LogP contribution in [0.3, 0.4) is 0 Å². The molecule has 1 aliphatic rings. The standard InChI is InChI=1S/C6H6O3/c1-4-8-5-2-3-7-6(5)9-4/h2-4H,1H3. The van der Waals surface area contributed by atoms with Crippen molar-refractivity contribution in [3.05, 3.63) is 12.3 Å². The van der Waals surface area contributed by atoms with Crippen LogP contribution >= 0.6 is 0 Å². The molecule has 0 N–H and O–H groups in total. The topological polar surface area (TPSA) is 31.6 Å². The second kappa shape index (κ2) is 1.43. The molecule has 9 heavy (non-hydrogen) atoms. The lowest BCUT2D eigenvalue weighted by molar-refractivity contribution is 0.0523. The molecule has 0 bridgehead atoms. The first-order chi connectivity index (χ1) is 4.36. The zero-order valence-corrected chi connectivity index (χ0v) is 4.96. The van der Waals surface area contributed by atoms with Gasteiger partial charge in [0.25, 0.3) is 0 Å². The Bertz CT molecular complexity index is 195. The van der Waals surface area contributed by atoms with E-state index in [-0.39, 0.29) is 6.29 Å². The van der Waals surface area contributed by atoms with Crippen LogP contribution in [0.5, 0.6) is 11.7 Å². The second-order valence-electron chi connectivity index (χ2n) is 1.88. The summed E-state index contributed by atoms with van der Waals surface area (Å²) in [7, 11) is 0. The molecule has 0 radical (unpaired) electrons. The molecule has 0 aliphatic carbocycles. The summed E-state index contributed by atoms with van der Waals surface area (Å²) in [5, 5.41) is 0. The van der Waals surface area contributed by atoms with Gasteiger partial charge in [-0.15, -0.1) is 0 Å². The minimum Gasteiger partial charge on any atom is -0.447 e. The molecule has 1 aliphatic heterocycles. The van der Waals surface area contributed by atoms with Gasteiger partial charge in [-0.3, -0.25) is 0 Å². The van der Waals surface area contributed by atoms with Crippen molar-refractivity contribution in [3.8, 4) is 11.7 Å². The van der Waals surface area contributed by atoms with Gasteiger partial charge in [0, 0.05) is 13.0 Å². The van der Waals surface area contributed by atoms with Crippen molar-refractivity contribution in [1.82, 2.24) is 0 Å². The molecule has 1 aromatic heterocycles. The van der Waals surface area contributed by atoms with Crippen LogP contribution in [0, 0.1) is 0 Å². The third-order valence-electron chi connectivity index (χ3n) is 1.16. The molecule has 0 amide bonds. The molecule has 1 aromatic rings. The Morgan fingerprint density at radius 1 is 1.44 bits per heavy atom. The highest BCUT2D eigenvalue weighted by Gasteiger charge is 2.22. The van der Waals surface area contributed by atoms with Gasteiger partial charge in [0.05, 0.1) is 6.26 Å². The number of ether oxygens (including phenoxy) is 2. The monoisotopic (exact) mass is 126 g/mol. The zero-order chi connectivity index (χ0) is 6.27. The number of hydrogen-bond donors (Lipinski definition) is 0. The maximum Gasteiger partial charge on any atom is 0.331 e. The van der Waals surface area contributed by atoms with E-state index in [9.17, 15) is 0 Å². The van der Waals surface area contributed by atoms with Crippen LogP contribution in [0.15, 0.2) is 16.7 Å². The second-order valence-corrected chi connectivity index (χ2v) is 1.88. The van der Waals surface area contributed by atoms with Gasteiger partial charge in [-0.05, 0) is 0 Å². The van der Waals surface area contributed by atoms with Gasteiger partial charge in [-0.25, -0.2) is 0 Å². The van der Waals surface area contributed by atoms with E-state index in [1.54, 1.807) is 6.07 Å². The van der Waals surface area contributed by atoms with E-state index in [0.717, 1.165) is 0 Å². The van der Waals surface area contributed by atoms with E-state index in [4.69, 9.17) is 13.9 Å². The quantitative estimate of drug-likeness (QED) is 0.526. The van der Waals surface area contributed by atoms with Crippen LogP contribution in [0.4, 0.5) is 0 Å². The Kier molecular flexibility index (Phi) is 0.754. The average Bonchev–Trinajstić information content (AvgIpc) is 2.22. The zero-order valence-electron chi connectivity index (χ0n) is 4.96. The molecule has 1 unspecified atom stereocenters. The van der Waals surface area contributed by atoms with Crippen LogP contribution in [0.1, 0.15) is 6.92 Å². The number of hydrogen-bond acceptors (Lipinski definition) is 3. The molecule has 0 aromatic carbocycles. The van der Waals surface area contributed by atoms with Crippen molar-refractivity contribution in [3.63, 3.8) is 0 Å². The molecule has 0 spiro atoms. The highest BCUT2D eigenvalue weighted by Crippen LogP contribution is 2.34. The number of fused-ring (bicyclic) bond motifs is 1. The minimum absolute atomic E-state index is 0.194. The highest BCUT2D eigenvalue weighted by atomic mass is 16.8. The van der Waals surface area contributed by atoms with E-state index < -0.39 is 0 Å². The molecular weight excluding hydrogens is 120 g/mol. The Morgan fingerprint density at radius 2 is 2.33 bits per heavy atom. The van der Waals surface area contributed by atoms with E-state index in [1.807, 2.05) is 6.92 Å². The van der Waals surface area contributed by atoms with Crippen molar-refractivity contribution in [2.75, 3.05) is 0 Å². The van der Waals surface area contributed by atoms with Gasteiger partial charge in [0.2, 0.25) is 12.0 Å². The van der Waals surface area contributed by atoms with E-state index in [0.29, 0.717) is 11.7 Å². The van der Waals surface area contributed by atoms with Crippen LogP contribution in [-0.4, -0.2) is 6.29 Å². The average molecular weight is 126 g/mol. The summed E-state index contributed by atoms with van der Waals surface area (Å²) in [6, 6.07) is 1.73. The Labute approximate surface area is 52.2 Å². The number of rotatable bonds is 0. The summed E-state index contributed by atoms with van der Waals surface area (Å²) in [4.78, 5) is 0. The minimum atomic E-state index is -0.194. The lowest BCUT2D eigenvalue weighted by Gasteiger charge is -1.99. The molecule has 2 heterocycles. The van der Waals surface area contributed by atoms with Crippen LogP contribution < -0.4 is 9.47 Å². The molecule has 0 saturated carbocycles. The first-order valence-corrected chi connectivity index (χ1v) is 2.77. The summed E-state index contributed by atoms with van der Waals surface area (Å²) in [5.41, 5.74) is 0. The number of furan rings is 1. The van der Waals surface area contributed by atoms with Crippen LogP contribution in [0.25, 0.3) is 0 Å². The summed E-state index contributed by atoms with van der Waals surface area (Å²) >= 11 is 0. The van der Waals surface area contributed by atoms with Crippen molar-refractivity contribution >= 4 is 0 Å². The fraction of sp³-hybridized carbons (Fsp3) is 0.333. The largest absolute Gasteiger partial charge is 0.447 e. The summed E-state index contributed by atoms with van der Waals surface area (Å²) < 4.78 is 15.1. The molecule has 48 valence electrons.